The molecule has 2 amide bonds. The number of aliphatic hydroxyl groups excluding tert-OH is 3. The number of amides is 2. The van der Waals surface area contributed by atoms with Gasteiger partial charge in [0.15, 0.2) is 6.10 Å². The van der Waals surface area contributed by atoms with Gasteiger partial charge in [0.1, 0.15) is 31.0 Å². The molecule has 0 aliphatic rings. The fraction of sp³-hybridized carbons (Fsp3) is 0.577. The summed E-state index contributed by atoms with van der Waals surface area (Å²) in [7, 11) is 1.16. The van der Waals surface area contributed by atoms with Gasteiger partial charge >= 0.3 is 5.97 Å². The number of rotatable bonds is 14. The van der Waals surface area contributed by atoms with Crippen molar-refractivity contribution in [3.63, 3.8) is 0 Å². The minimum atomic E-state index is -1.75. The van der Waals surface area contributed by atoms with Crippen molar-refractivity contribution in [3.8, 4) is 0 Å². The van der Waals surface area contributed by atoms with Gasteiger partial charge in [0.25, 0.3) is 5.91 Å². The highest BCUT2D eigenvalue weighted by Gasteiger charge is 2.36. The number of hydrogen-bond donors (Lipinski definition) is 5. The first-order valence-electron chi connectivity index (χ1n) is 11.9. The van der Waals surface area contributed by atoms with Crippen LogP contribution in [-0.4, -0.2) is 83.8 Å². The average molecular weight is 509 g/mol. The number of methoxy groups -OCH3 is 1. The monoisotopic (exact) mass is 508 g/mol. The molecule has 0 heterocycles. The Kier molecular flexibility index (Phi) is 13.3. The summed E-state index contributed by atoms with van der Waals surface area (Å²) in [5, 5.41) is 35.7. The number of aliphatic hydroxyl groups is 3. The molecule has 0 aliphatic carbocycles. The molecule has 10 nitrogen and oxygen atoms in total. The maximum Gasteiger partial charge on any atom is 0.306 e. The van der Waals surface area contributed by atoms with E-state index in [0.29, 0.717) is 6.42 Å². The average Bonchev–Trinajstić information content (AvgIpc) is 2.83. The topological polar surface area (TPSA) is 154 Å². The van der Waals surface area contributed by atoms with E-state index < -0.39 is 42.3 Å². The molecule has 0 fully saturated rings. The SMILES string of the molecule is CO[C@@H](C(=O)N[C@@H](C)C(=O)NCCOC(=O)CCc1ccccc1)[C@H](O)[C@@H](O)[C@H](O)/C=C/C(C)(C)C. The van der Waals surface area contributed by atoms with Crippen LogP contribution in [0, 0.1) is 5.41 Å². The summed E-state index contributed by atoms with van der Waals surface area (Å²) in [6.45, 7) is 7.14. The Bertz CT molecular complexity index is 853. The molecule has 0 aromatic heterocycles. The molecular formula is C26H40N2O8. The number of nitrogens with one attached hydrogen (secondary N) is 2. The third-order valence-corrected chi connectivity index (χ3v) is 5.19. The number of ether oxygens (including phenoxy) is 2. The van der Waals surface area contributed by atoms with Crippen LogP contribution in [-0.2, 0) is 30.3 Å². The van der Waals surface area contributed by atoms with Crippen LogP contribution in [0.1, 0.15) is 39.7 Å². The third-order valence-electron chi connectivity index (χ3n) is 5.19. The van der Waals surface area contributed by atoms with E-state index >= 15 is 0 Å². The van der Waals surface area contributed by atoms with Gasteiger partial charge in [0.2, 0.25) is 5.91 Å². The summed E-state index contributed by atoms with van der Waals surface area (Å²) in [6, 6.07) is 8.52. The lowest BCUT2D eigenvalue weighted by Crippen LogP contribution is -2.55. The van der Waals surface area contributed by atoms with Crippen LogP contribution in [0.4, 0.5) is 0 Å². The largest absolute Gasteiger partial charge is 0.464 e. The van der Waals surface area contributed by atoms with Crippen molar-refractivity contribution in [2.45, 2.75) is 71.0 Å². The molecule has 0 spiro atoms. The zero-order valence-electron chi connectivity index (χ0n) is 21.6. The summed E-state index contributed by atoms with van der Waals surface area (Å²) < 4.78 is 10.1. The second-order valence-electron chi connectivity index (χ2n) is 9.58. The van der Waals surface area contributed by atoms with Crippen LogP contribution in [0.15, 0.2) is 42.5 Å². The molecule has 36 heavy (non-hydrogen) atoms. The van der Waals surface area contributed by atoms with Crippen LogP contribution in [0.5, 0.6) is 0 Å². The van der Waals surface area contributed by atoms with Crippen LogP contribution in [0.25, 0.3) is 0 Å². The lowest BCUT2D eigenvalue weighted by atomic mass is 9.94. The number of hydrogen-bond acceptors (Lipinski definition) is 8. The van der Waals surface area contributed by atoms with E-state index in [0.717, 1.165) is 12.7 Å². The normalized spacial score (nSPS) is 16.0. The van der Waals surface area contributed by atoms with Crippen LogP contribution < -0.4 is 10.6 Å². The number of allylic oxidation sites excluding steroid dienone is 1. The second kappa shape index (κ2) is 15.4. The molecule has 1 aromatic carbocycles. The Morgan fingerprint density at radius 1 is 1.03 bits per heavy atom. The molecule has 1 aromatic rings. The number of aryl methyl sites for hydroxylation is 1. The van der Waals surface area contributed by atoms with Gasteiger partial charge in [-0.05, 0) is 24.3 Å². The maximum atomic E-state index is 12.5. The molecule has 0 unspecified atom stereocenters. The standard InChI is InChI=1S/C26H40N2O8/c1-17(24(33)27-15-16-36-20(30)12-11-18-9-7-6-8-10-18)28-25(34)23(35-5)22(32)21(31)19(29)13-14-26(2,3)4/h6-10,13-14,17,19,21-23,29,31-32H,11-12,15-16H2,1-5H3,(H,27,33)(H,28,34)/b14-13+/t17-,19+,21-,22+,23+/m0/s1. The first-order valence-corrected chi connectivity index (χ1v) is 11.9. The Hall–Kier alpha value is -2.79. The number of benzene rings is 1. The minimum absolute atomic E-state index is 0.0222. The van der Waals surface area contributed by atoms with Crippen molar-refractivity contribution in [2.24, 2.45) is 5.41 Å². The van der Waals surface area contributed by atoms with Crippen molar-refractivity contribution in [1.82, 2.24) is 10.6 Å². The lowest BCUT2D eigenvalue weighted by molar-refractivity contribution is -0.150. The predicted molar refractivity (Wildman–Crippen MR) is 134 cm³/mol. The molecule has 5 N–H and O–H groups in total. The lowest BCUT2D eigenvalue weighted by Gasteiger charge is -2.28. The molecule has 1 rings (SSSR count). The molecule has 0 radical (unpaired) electrons. The van der Waals surface area contributed by atoms with Crippen molar-refractivity contribution < 1.29 is 39.2 Å². The van der Waals surface area contributed by atoms with E-state index in [9.17, 15) is 29.7 Å². The van der Waals surface area contributed by atoms with Gasteiger partial charge in [0, 0.05) is 13.5 Å². The zero-order chi connectivity index (χ0) is 27.3. The fourth-order valence-corrected chi connectivity index (χ4v) is 3.10. The highest BCUT2D eigenvalue weighted by atomic mass is 16.5. The maximum absolute atomic E-state index is 12.5. The predicted octanol–water partition coefficient (Wildman–Crippen LogP) is 0.483. The Labute approximate surface area is 212 Å². The van der Waals surface area contributed by atoms with E-state index in [1.807, 2.05) is 51.1 Å². The number of esters is 1. The van der Waals surface area contributed by atoms with E-state index in [-0.39, 0.29) is 31.0 Å². The van der Waals surface area contributed by atoms with Gasteiger partial charge < -0.3 is 35.4 Å². The fourth-order valence-electron chi connectivity index (χ4n) is 3.10. The first-order chi connectivity index (χ1) is 16.9. The minimum Gasteiger partial charge on any atom is -0.464 e. The van der Waals surface area contributed by atoms with E-state index in [1.54, 1.807) is 6.08 Å². The van der Waals surface area contributed by atoms with Crippen LogP contribution in [0.2, 0.25) is 0 Å². The molecular weight excluding hydrogens is 468 g/mol. The summed E-state index contributed by atoms with van der Waals surface area (Å²) in [6.07, 6.45) is -2.62. The Morgan fingerprint density at radius 2 is 1.67 bits per heavy atom. The highest BCUT2D eigenvalue weighted by Crippen LogP contribution is 2.17. The van der Waals surface area contributed by atoms with Gasteiger partial charge in [-0.2, -0.15) is 0 Å². The quantitative estimate of drug-likeness (QED) is 0.138. The molecule has 0 aliphatic heterocycles. The van der Waals surface area contributed by atoms with Crippen LogP contribution in [0.3, 0.4) is 0 Å². The van der Waals surface area contributed by atoms with Gasteiger partial charge in [-0.15, -0.1) is 0 Å². The summed E-state index contributed by atoms with van der Waals surface area (Å²) in [5.41, 5.74) is 0.766. The number of carbonyl (C=O) groups is 3. The number of carbonyl (C=O) groups excluding carboxylic acids is 3. The molecule has 0 saturated heterocycles. The van der Waals surface area contributed by atoms with Crippen molar-refractivity contribution in [2.75, 3.05) is 20.3 Å². The van der Waals surface area contributed by atoms with Gasteiger partial charge in [0.05, 0.1) is 6.54 Å². The summed E-state index contributed by atoms with van der Waals surface area (Å²) in [5.74, 6) is -1.77. The van der Waals surface area contributed by atoms with Gasteiger partial charge in [-0.3, -0.25) is 14.4 Å². The summed E-state index contributed by atoms with van der Waals surface area (Å²) in [4.78, 5) is 36.6. The Balaban J connectivity index is 2.43. The van der Waals surface area contributed by atoms with E-state index in [2.05, 4.69) is 10.6 Å². The second-order valence-corrected chi connectivity index (χ2v) is 9.58. The van der Waals surface area contributed by atoms with E-state index in [4.69, 9.17) is 9.47 Å². The van der Waals surface area contributed by atoms with Crippen LogP contribution >= 0.6 is 0 Å². The Morgan fingerprint density at radius 3 is 2.25 bits per heavy atom. The van der Waals surface area contributed by atoms with E-state index in [1.165, 1.54) is 13.0 Å². The smallest absolute Gasteiger partial charge is 0.306 e. The third kappa shape index (κ3) is 11.8. The summed E-state index contributed by atoms with van der Waals surface area (Å²) >= 11 is 0. The first kappa shape index (κ1) is 31.2. The molecule has 202 valence electrons. The van der Waals surface area contributed by atoms with Crippen molar-refractivity contribution in [1.29, 1.82) is 0 Å². The van der Waals surface area contributed by atoms with Gasteiger partial charge in [-0.1, -0.05) is 63.3 Å². The van der Waals surface area contributed by atoms with Crippen molar-refractivity contribution in [3.05, 3.63) is 48.0 Å². The van der Waals surface area contributed by atoms with Crippen molar-refractivity contribution >= 4 is 17.8 Å². The molecule has 10 heteroatoms. The molecule has 0 bridgehead atoms. The van der Waals surface area contributed by atoms with Gasteiger partial charge in [-0.25, -0.2) is 0 Å². The highest BCUT2D eigenvalue weighted by molar-refractivity contribution is 5.89. The molecule has 0 saturated carbocycles. The zero-order valence-corrected chi connectivity index (χ0v) is 21.6. The molecule has 5 atom stereocenters.